The van der Waals surface area contributed by atoms with E-state index in [2.05, 4.69) is 11.3 Å². The van der Waals surface area contributed by atoms with Gasteiger partial charge in [-0.3, -0.25) is 4.79 Å². The van der Waals surface area contributed by atoms with Gasteiger partial charge in [0.1, 0.15) is 0 Å². The summed E-state index contributed by atoms with van der Waals surface area (Å²) in [4.78, 5) is 22.0. The summed E-state index contributed by atoms with van der Waals surface area (Å²) in [5.74, 6) is -0.907. The van der Waals surface area contributed by atoms with Gasteiger partial charge in [-0.05, 0) is 13.3 Å². The van der Waals surface area contributed by atoms with Gasteiger partial charge in [-0.2, -0.15) is 0 Å². The van der Waals surface area contributed by atoms with Gasteiger partial charge in [0.05, 0.1) is 12.7 Å². The van der Waals surface area contributed by atoms with Crippen molar-refractivity contribution in [3.63, 3.8) is 0 Å². The van der Waals surface area contributed by atoms with Crippen LogP contribution in [0.2, 0.25) is 0 Å². The molecule has 0 aromatic rings. The van der Waals surface area contributed by atoms with Crippen LogP contribution in [0.25, 0.3) is 0 Å². The average molecular weight is 182 g/mol. The van der Waals surface area contributed by atoms with Gasteiger partial charge in [-0.1, -0.05) is 18.7 Å². The molecule has 0 unspecified atom stereocenters. The van der Waals surface area contributed by atoms with Crippen molar-refractivity contribution in [1.29, 1.82) is 0 Å². The summed E-state index contributed by atoms with van der Waals surface area (Å²) in [6, 6.07) is 0. The summed E-state index contributed by atoms with van der Waals surface area (Å²) < 4.78 is 4.36. The molecule has 13 heavy (non-hydrogen) atoms. The second kappa shape index (κ2) is 6.17. The van der Waals surface area contributed by atoms with Gasteiger partial charge in [0.15, 0.2) is 5.78 Å². The third kappa shape index (κ3) is 4.25. The van der Waals surface area contributed by atoms with Crippen LogP contribution in [0.1, 0.15) is 19.8 Å². The molecule has 3 heteroatoms. The van der Waals surface area contributed by atoms with Crippen molar-refractivity contribution < 1.29 is 14.3 Å². The Bertz CT molecular complexity index is 239. The first-order valence-electron chi connectivity index (χ1n) is 4.05. The van der Waals surface area contributed by atoms with Crippen molar-refractivity contribution in [3.8, 4) is 0 Å². The molecule has 0 aliphatic carbocycles. The van der Waals surface area contributed by atoms with Crippen LogP contribution >= 0.6 is 0 Å². The highest BCUT2D eigenvalue weighted by atomic mass is 16.5. The zero-order valence-corrected chi connectivity index (χ0v) is 8.00. The van der Waals surface area contributed by atoms with E-state index in [1.807, 2.05) is 19.1 Å². The minimum atomic E-state index is -0.648. The van der Waals surface area contributed by atoms with E-state index in [0.29, 0.717) is 12.8 Å². The standard InChI is InChI=1S/C10H14O3/c1-4-5-6-7-9(11)8(2)10(12)13-3/h4-5H,2,6-7H2,1,3H3/b5-4+. The summed E-state index contributed by atoms with van der Waals surface area (Å²) in [6.45, 7) is 5.23. The van der Waals surface area contributed by atoms with E-state index in [1.165, 1.54) is 7.11 Å². The maximum atomic E-state index is 11.2. The molecular formula is C10H14O3. The highest BCUT2D eigenvalue weighted by Gasteiger charge is 2.14. The Labute approximate surface area is 78.1 Å². The van der Waals surface area contributed by atoms with Crippen molar-refractivity contribution in [2.45, 2.75) is 19.8 Å². The van der Waals surface area contributed by atoms with Crippen molar-refractivity contribution in [2.75, 3.05) is 7.11 Å². The third-order valence-electron chi connectivity index (χ3n) is 1.54. The lowest BCUT2D eigenvalue weighted by Crippen LogP contribution is -2.12. The molecule has 0 heterocycles. The normalized spacial score (nSPS) is 10.0. The molecule has 0 aromatic heterocycles. The van der Waals surface area contributed by atoms with Crippen molar-refractivity contribution in [1.82, 2.24) is 0 Å². The second-order valence-electron chi connectivity index (χ2n) is 2.50. The Morgan fingerprint density at radius 3 is 2.54 bits per heavy atom. The Morgan fingerprint density at radius 2 is 2.08 bits per heavy atom. The molecule has 0 aliphatic rings. The zero-order chi connectivity index (χ0) is 10.3. The molecule has 0 saturated carbocycles. The van der Waals surface area contributed by atoms with Crippen LogP contribution in [-0.2, 0) is 14.3 Å². The molecule has 0 saturated heterocycles. The van der Waals surface area contributed by atoms with E-state index >= 15 is 0 Å². The topological polar surface area (TPSA) is 43.4 Å². The van der Waals surface area contributed by atoms with Gasteiger partial charge >= 0.3 is 5.97 Å². The molecule has 0 spiro atoms. The van der Waals surface area contributed by atoms with E-state index in [9.17, 15) is 9.59 Å². The van der Waals surface area contributed by atoms with E-state index in [4.69, 9.17) is 0 Å². The molecule has 0 N–H and O–H groups in total. The maximum Gasteiger partial charge on any atom is 0.340 e. The lowest BCUT2D eigenvalue weighted by Gasteiger charge is -2.00. The van der Waals surface area contributed by atoms with Crippen LogP contribution in [0.3, 0.4) is 0 Å². The smallest absolute Gasteiger partial charge is 0.340 e. The fraction of sp³-hybridized carbons (Fsp3) is 0.400. The van der Waals surface area contributed by atoms with Crippen LogP contribution < -0.4 is 0 Å². The minimum Gasteiger partial charge on any atom is -0.465 e. The second-order valence-corrected chi connectivity index (χ2v) is 2.50. The van der Waals surface area contributed by atoms with Crippen LogP contribution in [0, 0.1) is 0 Å². The minimum absolute atomic E-state index is 0.0768. The van der Waals surface area contributed by atoms with Gasteiger partial charge in [0, 0.05) is 6.42 Å². The summed E-state index contributed by atoms with van der Waals surface area (Å²) in [7, 11) is 1.23. The first-order chi connectivity index (χ1) is 6.13. The highest BCUT2D eigenvalue weighted by molar-refractivity contribution is 6.16. The van der Waals surface area contributed by atoms with Crippen molar-refractivity contribution in [2.24, 2.45) is 0 Å². The highest BCUT2D eigenvalue weighted by Crippen LogP contribution is 2.02. The number of methoxy groups -OCH3 is 1. The third-order valence-corrected chi connectivity index (χ3v) is 1.54. The quantitative estimate of drug-likeness (QED) is 0.213. The molecule has 0 fully saturated rings. The molecule has 0 radical (unpaired) electrons. The van der Waals surface area contributed by atoms with Gasteiger partial charge in [-0.25, -0.2) is 4.79 Å². The zero-order valence-electron chi connectivity index (χ0n) is 8.00. The Morgan fingerprint density at radius 1 is 1.46 bits per heavy atom. The first kappa shape index (κ1) is 11.6. The fourth-order valence-corrected chi connectivity index (χ4v) is 0.769. The predicted octanol–water partition coefficient (Wildman–Crippen LogP) is 1.64. The van der Waals surface area contributed by atoms with Crippen LogP contribution in [0.5, 0.6) is 0 Å². The summed E-state index contributed by atoms with van der Waals surface area (Å²) in [5, 5.41) is 0. The number of hydrogen-bond acceptors (Lipinski definition) is 3. The molecule has 0 rings (SSSR count). The maximum absolute atomic E-state index is 11.2. The first-order valence-corrected chi connectivity index (χ1v) is 4.05. The fourth-order valence-electron chi connectivity index (χ4n) is 0.769. The van der Waals surface area contributed by atoms with E-state index < -0.39 is 5.97 Å². The monoisotopic (exact) mass is 182 g/mol. The molecule has 0 amide bonds. The lowest BCUT2D eigenvalue weighted by atomic mass is 10.1. The molecule has 0 atom stereocenters. The van der Waals surface area contributed by atoms with Crippen LogP contribution in [-0.4, -0.2) is 18.9 Å². The van der Waals surface area contributed by atoms with Crippen molar-refractivity contribution in [3.05, 3.63) is 24.3 Å². The predicted molar refractivity (Wildman–Crippen MR) is 50.2 cm³/mol. The average Bonchev–Trinajstić information content (AvgIpc) is 2.15. The molecule has 0 aliphatic heterocycles. The number of Topliss-reactive ketones (excluding diaryl/α,β-unsaturated/α-hetero) is 1. The molecule has 0 aromatic carbocycles. The Kier molecular flexibility index (Phi) is 5.52. The van der Waals surface area contributed by atoms with Crippen LogP contribution in [0.4, 0.5) is 0 Å². The number of ether oxygens (including phenoxy) is 1. The number of carbonyl (C=O) groups is 2. The van der Waals surface area contributed by atoms with E-state index in [0.717, 1.165) is 0 Å². The summed E-state index contributed by atoms with van der Waals surface area (Å²) >= 11 is 0. The number of carbonyl (C=O) groups excluding carboxylic acids is 2. The van der Waals surface area contributed by atoms with Gasteiger partial charge in [0.25, 0.3) is 0 Å². The summed E-state index contributed by atoms with van der Waals surface area (Å²) in [5.41, 5.74) is -0.0768. The number of allylic oxidation sites excluding steroid dienone is 2. The van der Waals surface area contributed by atoms with Gasteiger partial charge in [0.2, 0.25) is 0 Å². The summed E-state index contributed by atoms with van der Waals surface area (Å²) in [6.07, 6.45) is 4.65. The SMILES string of the molecule is C=C(C(=O)CC/C=C/C)C(=O)OC. The van der Waals surface area contributed by atoms with Gasteiger partial charge < -0.3 is 4.74 Å². The Hall–Kier alpha value is -1.38. The molecular weight excluding hydrogens is 168 g/mol. The van der Waals surface area contributed by atoms with E-state index in [-0.39, 0.29) is 11.4 Å². The number of rotatable bonds is 5. The van der Waals surface area contributed by atoms with Crippen molar-refractivity contribution >= 4 is 11.8 Å². The van der Waals surface area contributed by atoms with Crippen LogP contribution in [0.15, 0.2) is 24.3 Å². The number of esters is 1. The number of ketones is 1. The molecule has 3 nitrogen and oxygen atoms in total. The lowest BCUT2D eigenvalue weighted by molar-refractivity contribution is -0.137. The van der Waals surface area contributed by atoms with E-state index in [1.54, 1.807) is 0 Å². The Balaban J connectivity index is 3.97. The number of hydrogen-bond donors (Lipinski definition) is 0. The molecule has 72 valence electrons. The molecule has 0 bridgehead atoms. The van der Waals surface area contributed by atoms with Gasteiger partial charge in [-0.15, -0.1) is 0 Å². The largest absolute Gasteiger partial charge is 0.465 e.